The van der Waals surface area contributed by atoms with Gasteiger partial charge in [0.2, 0.25) is 0 Å². The quantitative estimate of drug-likeness (QED) is 0.729. The van der Waals surface area contributed by atoms with Gasteiger partial charge < -0.3 is 9.73 Å². The number of thioether (sulfide) groups is 1. The molecule has 1 amide bonds. The van der Waals surface area contributed by atoms with Gasteiger partial charge in [0.05, 0.1) is 19.0 Å². The molecule has 0 bridgehead atoms. The molecule has 0 radical (unpaired) electrons. The molecule has 2 heterocycles. The number of benzene rings is 1. The molecule has 23 heavy (non-hydrogen) atoms. The Morgan fingerprint density at radius 2 is 2.13 bits per heavy atom. The number of nitrogens with zero attached hydrogens (tertiary/aromatic N) is 2. The molecule has 3 aromatic rings. The van der Waals surface area contributed by atoms with Crippen LogP contribution in [0.15, 0.2) is 58.4 Å². The van der Waals surface area contributed by atoms with Crippen LogP contribution in [0.3, 0.4) is 0 Å². The van der Waals surface area contributed by atoms with Crippen LogP contribution in [0.4, 0.5) is 4.39 Å². The maximum Gasteiger partial charge on any atom is 0.270 e. The zero-order valence-electron chi connectivity index (χ0n) is 12.3. The summed E-state index contributed by atoms with van der Waals surface area (Å²) in [5.41, 5.74) is 1.06. The monoisotopic (exact) mass is 331 g/mol. The van der Waals surface area contributed by atoms with Crippen molar-refractivity contribution in [2.45, 2.75) is 11.7 Å². The molecule has 3 rings (SSSR count). The van der Waals surface area contributed by atoms with Gasteiger partial charge in [-0.05, 0) is 42.7 Å². The lowest BCUT2D eigenvalue weighted by atomic mass is 10.3. The molecular weight excluding hydrogens is 317 g/mol. The molecule has 1 N–H and O–H groups in total. The minimum Gasteiger partial charge on any atom is -0.467 e. The highest BCUT2D eigenvalue weighted by molar-refractivity contribution is 7.98. The minimum atomic E-state index is -0.330. The number of nitrogens with one attached hydrogen (secondary N) is 1. The van der Waals surface area contributed by atoms with Crippen LogP contribution in [0.2, 0.25) is 0 Å². The largest absolute Gasteiger partial charge is 0.467 e. The van der Waals surface area contributed by atoms with Gasteiger partial charge in [0.25, 0.3) is 5.91 Å². The first-order valence-electron chi connectivity index (χ1n) is 6.87. The van der Waals surface area contributed by atoms with Crippen molar-refractivity contribution >= 4 is 17.7 Å². The smallest absolute Gasteiger partial charge is 0.270 e. The maximum absolute atomic E-state index is 13.1. The number of furan rings is 1. The Morgan fingerprint density at radius 3 is 2.78 bits per heavy atom. The Morgan fingerprint density at radius 1 is 1.35 bits per heavy atom. The van der Waals surface area contributed by atoms with E-state index in [1.165, 1.54) is 30.1 Å². The van der Waals surface area contributed by atoms with Crippen molar-refractivity contribution in [3.05, 3.63) is 66.1 Å². The van der Waals surface area contributed by atoms with Crippen LogP contribution >= 0.6 is 11.8 Å². The molecule has 0 saturated heterocycles. The van der Waals surface area contributed by atoms with Gasteiger partial charge in [0.15, 0.2) is 5.16 Å². The number of carbonyl (C=O) groups is 1. The highest BCUT2D eigenvalue weighted by atomic mass is 32.2. The molecular formula is C16H14FN3O2S. The van der Waals surface area contributed by atoms with Gasteiger partial charge in [0.1, 0.15) is 17.3 Å². The van der Waals surface area contributed by atoms with Crippen molar-refractivity contribution in [1.29, 1.82) is 0 Å². The molecule has 5 nitrogen and oxygen atoms in total. The maximum atomic E-state index is 13.1. The molecule has 0 aliphatic rings. The lowest BCUT2D eigenvalue weighted by Crippen LogP contribution is -2.25. The van der Waals surface area contributed by atoms with Gasteiger partial charge in [-0.3, -0.25) is 9.36 Å². The van der Waals surface area contributed by atoms with Crippen molar-refractivity contribution < 1.29 is 13.6 Å². The first-order valence-corrected chi connectivity index (χ1v) is 8.10. The van der Waals surface area contributed by atoms with E-state index < -0.39 is 0 Å². The van der Waals surface area contributed by atoms with Crippen LogP contribution < -0.4 is 5.32 Å². The standard InChI is InChI=1S/C16H14FN3O2S/c1-23-16-19-10-14(15(21)18-9-13-3-2-8-22-13)20(16)12-6-4-11(17)5-7-12/h2-8,10H,9H2,1H3,(H,18,21). The lowest BCUT2D eigenvalue weighted by Gasteiger charge is -2.11. The summed E-state index contributed by atoms with van der Waals surface area (Å²) in [5, 5.41) is 3.44. The fourth-order valence-electron chi connectivity index (χ4n) is 2.15. The van der Waals surface area contributed by atoms with E-state index >= 15 is 0 Å². The number of rotatable bonds is 5. The van der Waals surface area contributed by atoms with Crippen molar-refractivity contribution in [2.75, 3.05) is 6.26 Å². The molecule has 7 heteroatoms. The number of hydrogen-bond donors (Lipinski definition) is 1. The van der Waals surface area contributed by atoms with Crippen molar-refractivity contribution in [1.82, 2.24) is 14.9 Å². The number of carbonyl (C=O) groups excluding carboxylic acids is 1. The van der Waals surface area contributed by atoms with Crippen molar-refractivity contribution in [3.8, 4) is 5.69 Å². The van der Waals surface area contributed by atoms with Crippen LogP contribution in [0.1, 0.15) is 16.2 Å². The Hall–Kier alpha value is -2.54. The molecule has 0 spiro atoms. The van der Waals surface area contributed by atoms with Crippen LogP contribution in [0.5, 0.6) is 0 Å². The van der Waals surface area contributed by atoms with E-state index in [9.17, 15) is 9.18 Å². The molecule has 0 atom stereocenters. The normalized spacial score (nSPS) is 10.7. The second-order valence-corrected chi connectivity index (χ2v) is 5.48. The topological polar surface area (TPSA) is 60.1 Å². The third kappa shape index (κ3) is 3.29. The number of aromatic nitrogens is 2. The molecule has 0 aliphatic heterocycles. The second-order valence-electron chi connectivity index (χ2n) is 4.70. The summed E-state index contributed by atoms with van der Waals surface area (Å²) >= 11 is 1.41. The van der Waals surface area contributed by atoms with E-state index in [4.69, 9.17) is 4.42 Å². The zero-order valence-corrected chi connectivity index (χ0v) is 13.1. The van der Waals surface area contributed by atoms with Gasteiger partial charge in [-0.1, -0.05) is 11.8 Å². The Bertz CT molecular complexity index is 797. The summed E-state index contributed by atoms with van der Waals surface area (Å²) in [6.45, 7) is 0.287. The summed E-state index contributed by atoms with van der Waals surface area (Å²) in [4.78, 5) is 16.7. The van der Waals surface area contributed by atoms with E-state index in [1.807, 2.05) is 6.26 Å². The van der Waals surface area contributed by atoms with E-state index in [-0.39, 0.29) is 18.3 Å². The number of halogens is 1. The van der Waals surface area contributed by atoms with Crippen molar-refractivity contribution in [3.63, 3.8) is 0 Å². The second kappa shape index (κ2) is 6.70. The summed E-state index contributed by atoms with van der Waals surface area (Å²) in [5.74, 6) is 0.0539. The Labute approximate surface area is 136 Å². The fourth-order valence-corrected chi connectivity index (χ4v) is 2.69. The predicted octanol–water partition coefficient (Wildman–Crippen LogP) is 3.26. The summed E-state index contributed by atoms with van der Waals surface area (Å²) in [7, 11) is 0. The summed E-state index contributed by atoms with van der Waals surface area (Å²) < 4.78 is 20.0. The molecule has 118 valence electrons. The van der Waals surface area contributed by atoms with Gasteiger partial charge >= 0.3 is 0 Å². The molecule has 2 aromatic heterocycles. The fraction of sp³-hybridized carbons (Fsp3) is 0.125. The number of amides is 1. The summed E-state index contributed by atoms with van der Waals surface area (Å²) in [6.07, 6.45) is 4.93. The van der Waals surface area contributed by atoms with Crippen molar-refractivity contribution in [2.24, 2.45) is 0 Å². The van der Waals surface area contributed by atoms with Gasteiger partial charge in [0, 0.05) is 5.69 Å². The van der Waals surface area contributed by atoms with Crippen LogP contribution in [-0.2, 0) is 6.54 Å². The molecule has 0 aliphatic carbocycles. The van der Waals surface area contributed by atoms with E-state index in [0.717, 1.165) is 0 Å². The Balaban J connectivity index is 1.88. The first-order chi connectivity index (χ1) is 11.2. The SMILES string of the molecule is CSc1ncc(C(=O)NCc2ccco2)n1-c1ccc(F)cc1. The molecule has 0 saturated carbocycles. The van der Waals surface area contributed by atoms with Crippen LogP contribution in [0.25, 0.3) is 5.69 Å². The molecule has 1 aromatic carbocycles. The Kier molecular flexibility index (Phi) is 4.47. The predicted molar refractivity (Wildman–Crippen MR) is 85.2 cm³/mol. The van der Waals surface area contributed by atoms with Gasteiger partial charge in [-0.2, -0.15) is 0 Å². The number of hydrogen-bond acceptors (Lipinski definition) is 4. The highest BCUT2D eigenvalue weighted by Crippen LogP contribution is 2.22. The first kappa shape index (κ1) is 15.4. The third-order valence-corrected chi connectivity index (χ3v) is 3.89. The van der Waals surface area contributed by atoms with Crippen LogP contribution in [0, 0.1) is 5.82 Å². The van der Waals surface area contributed by atoms with Gasteiger partial charge in [-0.25, -0.2) is 9.37 Å². The van der Waals surface area contributed by atoms with Crippen LogP contribution in [-0.4, -0.2) is 21.7 Å². The molecule has 0 unspecified atom stereocenters. The van der Waals surface area contributed by atoms with Gasteiger partial charge in [-0.15, -0.1) is 0 Å². The highest BCUT2D eigenvalue weighted by Gasteiger charge is 2.17. The third-order valence-electron chi connectivity index (χ3n) is 3.23. The van der Waals surface area contributed by atoms with E-state index in [2.05, 4.69) is 10.3 Å². The average Bonchev–Trinajstić information content (AvgIpc) is 3.22. The van der Waals surface area contributed by atoms with E-state index in [0.29, 0.717) is 22.3 Å². The van der Waals surface area contributed by atoms with E-state index in [1.54, 1.807) is 35.1 Å². The summed E-state index contributed by atoms with van der Waals surface area (Å²) in [6, 6.07) is 9.47. The average molecular weight is 331 g/mol. The minimum absolute atomic E-state index is 0.279. The lowest BCUT2D eigenvalue weighted by molar-refractivity contribution is 0.0940. The number of imidazole rings is 1. The molecule has 0 fully saturated rings. The zero-order chi connectivity index (χ0) is 16.2.